The number of anilines is 2. The molecule has 0 radical (unpaired) electrons. The lowest BCUT2D eigenvalue weighted by molar-refractivity contribution is -0.151. The highest BCUT2D eigenvalue weighted by Gasteiger charge is 2.37. The highest BCUT2D eigenvalue weighted by Crippen LogP contribution is 2.33. The van der Waals surface area contributed by atoms with Crippen molar-refractivity contribution in [2.75, 3.05) is 30.0 Å². The Morgan fingerprint density at radius 3 is 2.48 bits per heavy atom. The Bertz CT molecular complexity index is 986. The Kier molecular flexibility index (Phi) is 7.02. The number of ether oxygens (including phenoxy) is 2. The standard InChI is InChI=1S/C23H24N2O6/c1-3-30-20-7-5-4-6-19(20)25-13-17(12-22(25)28)23(29)31-14-21(27)24-18-10-8-16(9-11-18)15(2)26/h4-11,17H,3,12-14H2,1-2H3,(H,24,27)/t17-/m0/s1. The number of amides is 2. The molecule has 1 atom stereocenters. The number of hydrogen-bond donors (Lipinski definition) is 1. The predicted octanol–water partition coefficient (Wildman–Crippen LogP) is 2.82. The van der Waals surface area contributed by atoms with Gasteiger partial charge in [-0.3, -0.25) is 19.2 Å². The highest BCUT2D eigenvalue weighted by molar-refractivity contribution is 6.01. The van der Waals surface area contributed by atoms with E-state index in [1.807, 2.05) is 13.0 Å². The minimum atomic E-state index is -0.662. The second kappa shape index (κ2) is 9.88. The van der Waals surface area contributed by atoms with Gasteiger partial charge in [0.05, 0.1) is 18.2 Å². The van der Waals surface area contributed by atoms with Gasteiger partial charge in [0.2, 0.25) is 5.91 Å². The third-order valence-corrected chi connectivity index (χ3v) is 4.83. The normalized spacial score (nSPS) is 15.5. The van der Waals surface area contributed by atoms with Crippen molar-refractivity contribution in [1.82, 2.24) is 0 Å². The molecular weight excluding hydrogens is 400 g/mol. The van der Waals surface area contributed by atoms with Crippen LogP contribution in [0.4, 0.5) is 11.4 Å². The second-order valence-electron chi connectivity index (χ2n) is 7.10. The molecule has 8 nitrogen and oxygen atoms in total. The fourth-order valence-electron chi connectivity index (χ4n) is 3.30. The minimum Gasteiger partial charge on any atom is -0.492 e. The van der Waals surface area contributed by atoms with Crippen molar-refractivity contribution in [2.45, 2.75) is 20.3 Å². The summed E-state index contributed by atoms with van der Waals surface area (Å²) in [6.07, 6.45) is 0.00736. The summed E-state index contributed by atoms with van der Waals surface area (Å²) in [6.45, 7) is 3.46. The van der Waals surface area contributed by atoms with Crippen molar-refractivity contribution < 1.29 is 28.7 Å². The molecule has 1 fully saturated rings. The minimum absolute atomic E-state index is 0.00736. The molecule has 2 aromatic carbocycles. The monoisotopic (exact) mass is 424 g/mol. The van der Waals surface area contributed by atoms with E-state index in [1.165, 1.54) is 11.8 Å². The fourth-order valence-corrected chi connectivity index (χ4v) is 3.30. The van der Waals surface area contributed by atoms with Gasteiger partial charge in [0.25, 0.3) is 5.91 Å². The molecule has 0 saturated carbocycles. The molecule has 2 aromatic rings. The number of ketones is 1. The van der Waals surface area contributed by atoms with Gasteiger partial charge in [0.1, 0.15) is 5.75 Å². The molecule has 0 unspecified atom stereocenters. The maximum absolute atomic E-state index is 12.5. The van der Waals surface area contributed by atoms with Crippen molar-refractivity contribution >= 4 is 34.9 Å². The zero-order valence-electron chi connectivity index (χ0n) is 17.4. The number of benzene rings is 2. The van der Waals surface area contributed by atoms with Crippen molar-refractivity contribution in [1.29, 1.82) is 0 Å². The molecular formula is C23H24N2O6. The molecule has 3 rings (SSSR count). The average Bonchev–Trinajstić information content (AvgIpc) is 3.14. The van der Waals surface area contributed by atoms with E-state index >= 15 is 0 Å². The van der Waals surface area contributed by atoms with Crippen LogP contribution in [-0.4, -0.2) is 43.3 Å². The third-order valence-electron chi connectivity index (χ3n) is 4.83. The number of esters is 1. The van der Waals surface area contributed by atoms with Gasteiger partial charge in [-0.2, -0.15) is 0 Å². The summed E-state index contributed by atoms with van der Waals surface area (Å²) in [6, 6.07) is 13.5. The van der Waals surface area contributed by atoms with Crippen molar-refractivity contribution in [3.8, 4) is 5.75 Å². The number of para-hydroxylation sites is 2. The Hall–Kier alpha value is -3.68. The predicted molar refractivity (Wildman–Crippen MR) is 114 cm³/mol. The van der Waals surface area contributed by atoms with E-state index in [4.69, 9.17) is 9.47 Å². The van der Waals surface area contributed by atoms with Crippen LogP contribution in [0.2, 0.25) is 0 Å². The van der Waals surface area contributed by atoms with Gasteiger partial charge in [0, 0.05) is 24.2 Å². The Balaban J connectivity index is 1.53. The number of rotatable bonds is 8. The van der Waals surface area contributed by atoms with Gasteiger partial charge >= 0.3 is 5.97 Å². The van der Waals surface area contributed by atoms with Gasteiger partial charge in [0.15, 0.2) is 12.4 Å². The molecule has 1 N–H and O–H groups in total. The van der Waals surface area contributed by atoms with Gasteiger partial charge in [-0.05, 0) is 50.2 Å². The number of Topliss-reactive ketones (excluding diaryl/α,β-unsaturated/α-hetero) is 1. The Morgan fingerprint density at radius 1 is 1.10 bits per heavy atom. The molecule has 162 valence electrons. The quantitative estimate of drug-likeness (QED) is 0.516. The van der Waals surface area contributed by atoms with Gasteiger partial charge in [-0.1, -0.05) is 12.1 Å². The number of nitrogens with one attached hydrogen (secondary N) is 1. The molecule has 0 spiro atoms. The average molecular weight is 424 g/mol. The first-order valence-corrected chi connectivity index (χ1v) is 9.98. The van der Waals surface area contributed by atoms with Crippen LogP contribution in [0, 0.1) is 5.92 Å². The van der Waals surface area contributed by atoms with Crippen molar-refractivity contribution in [2.24, 2.45) is 5.92 Å². The second-order valence-corrected chi connectivity index (χ2v) is 7.10. The zero-order valence-corrected chi connectivity index (χ0v) is 17.4. The molecule has 2 amide bonds. The van der Waals surface area contributed by atoms with Crippen LogP contribution < -0.4 is 15.0 Å². The van der Waals surface area contributed by atoms with Gasteiger partial charge < -0.3 is 19.7 Å². The van der Waals surface area contributed by atoms with Crippen molar-refractivity contribution in [3.05, 3.63) is 54.1 Å². The van der Waals surface area contributed by atoms with Crippen LogP contribution in [0.3, 0.4) is 0 Å². The topological polar surface area (TPSA) is 102 Å². The SMILES string of the molecule is CCOc1ccccc1N1C[C@@H](C(=O)OCC(=O)Nc2ccc(C(C)=O)cc2)CC1=O. The smallest absolute Gasteiger partial charge is 0.311 e. The van der Waals surface area contributed by atoms with Crippen LogP contribution in [0.25, 0.3) is 0 Å². The summed E-state index contributed by atoms with van der Waals surface area (Å²) in [5.74, 6) is -1.48. The van der Waals surface area contributed by atoms with Crippen LogP contribution >= 0.6 is 0 Å². The lowest BCUT2D eigenvalue weighted by atomic mass is 10.1. The molecule has 1 saturated heterocycles. The molecule has 1 heterocycles. The first kappa shape index (κ1) is 22.0. The van der Waals surface area contributed by atoms with Gasteiger partial charge in [-0.25, -0.2) is 0 Å². The highest BCUT2D eigenvalue weighted by atomic mass is 16.5. The van der Waals surface area contributed by atoms with E-state index in [9.17, 15) is 19.2 Å². The molecule has 1 aliphatic rings. The maximum atomic E-state index is 12.5. The Morgan fingerprint density at radius 2 is 1.81 bits per heavy atom. The van der Waals surface area contributed by atoms with Crippen molar-refractivity contribution in [3.63, 3.8) is 0 Å². The van der Waals surface area contributed by atoms with E-state index in [0.29, 0.717) is 29.3 Å². The van der Waals surface area contributed by atoms with E-state index in [1.54, 1.807) is 42.5 Å². The fraction of sp³-hybridized carbons (Fsp3) is 0.304. The molecule has 0 aliphatic carbocycles. The lowest BCUT2D eigenvalue weighted by Gasteiger charge is -2.19. The number of carbonyl (C=O) groups excluding carboxylic acids is 4. The first-order chi connectivity index (χ1) is 14.9. The zero-order chi connectivity index (χ0) is 22.4. The molecule has 8 heteroatoms. The van der Waals surface area contributed by atoms with Crippen LogP contribution in [-0.2, 0) is 19.1 Å². The molecule has 31 heavy (non-hydrogen) atoms. The van der Waals surface area contributed by atoms with Crippen LogP contribution in [0.15, 0.2) is 48.5 Å². The molecule has 1 aliphatic heterocycles. The van der Waals surface area contributed by atoms with E-state index in [0.717, 1.165) is 0 Å². The van der Waals surface area contributed by atoms with Gasteiger partial charge in [-0.15, -0.1) is 0 Å². The number of nitrogens with zero attached hydrogens (tertiary/aromatic N) is 1. The largest absolute Gasteiger partial charge is 0.492 e. The summed E-state index contributed by atoms with van der Waals surface area (Å²) < 4.78 is 10.7. The molecule has 0 aromatic heterocycles. The Labute approximate surface area is 180 Å². The molecule has 0 bridgehead atoms. The summed E-state index contributed by atoms with van der Waals surface area (Å²) in [5.41, 5.74) is 1.63. The summed E-state index contributed by atoms with van der Waals surface area (Å²) >= 11 is 0. The lowest BCUT2D eigenvalue weighted by Crippen LogP contribution is -2.28. The van der Waals surface area contributed by atoms with E-state index in [2.05, 4.69) is 5.32 Å². The maximum Gasteiger partial charge on any atom is 0.311 e. The van der Waals surface area contributed by atoms with E-state index < -0.39 is 24.4 Å². The number of carbonyl (C=O) groups is 4. The van der Waals surface area contributed by atoms with E-state index in [-0.39, 0.29) is 24.7 Å². The van der Waals surface area contributed by atoms with Crippen LogP contribution in [0.1, 0.15) is 30.6 Å². The summed E-state index contributed by atoms with van der Waals surface area (Å²) in [7, 11) is 0. The number of hydrogen-bond acceptors (Lipinski definition) is 6. The van der Waals surface area contributed by atoms with Crippen LogP contribution in [0.5, 0.6) is 5.75 Å². The third kappa shape index (κ3) is 5.48. The first-order valence-electron chi connectivity index (χ1n) is 9.98. The summed E-state index contributed by atoms with van der Waals surface area (Å²) in [5, 5.41) is 2.60. The summed E-state index contributed by atoms with van der Waals surface area (Å²) in [4.78, 5) is 49.7.